The molecule has 5 rings (SSSR count). The first-order valence-corrected chi connectivity index (χ1v) is 8.28. The fourth-order valence-electron chi connectivity index (χ4n) is 5.65. The Morgan fingerprint density at radius 1 is 1.33 bits per heavy atom. The molecule has 0 aromatic heterocycles. The molecular weight excluding hydrogens is 316 g/mol. The normalized spacial score (nSPS) is 59.5. The Balaban J connectivity index is 1.65. The minimum absolute atomic E-state index is 0.0903. The van der Waals surface area contributed by atoms with Crippen LogP contribution in [-0.2, 0) is 28.5 Å². The molecule has 5 aliphatic rings. The lowest BCUT2D eigenvalue weighted by Crippen LogP contribution is -2.53. The van der Waals surface area contributed by atoms with E-state index in [0.29, 0.717) is 0 Å². The number of aliphatic hydroxyl groups is 1. The number of carbonyl (C=O) groups excluding carboxylic acids is 2. The first kappa shape index (κ1) is 14.9. The summed E-state index contributed by atoms with van der Waals surface area (Å²) >= 11 is 0. The van der Waals surface area contributed by atoms with Crippen molar-refractivity contribution < 1.29 is 33.6 Å². The van der Waals surface area contributed by atoms with Crippen LogP contribution >= 0.6 is 0 Å². The third-order valence-corrected chi connectivity index (χ3v) is 6.68. The molecule has 3 aliphatic heterocycles. The Kier molecular flexibility index (Phi) is 2.39. The van der Waals surface area contributed by atoms with Gasteiger partial charge in [0.1, 0.15) is 35.6 Å². The van der Waals surface area contributed by atoms with Gasteiger partial charge in [-0.2, -0.15) is 0 Å². The highest BCUT2D eigenvalue weighted by atomic mass is 16.7. The van der Waals surface area contributed by atoms with Gasteiger partial charge in [0.2, 0.25) is 0 Å². The van der Waals surface area contributed by atoms with Crippen LogP contribution in [0.4, 0.5) is 0 Å². The number of fused-ring (bicyclic) bond motifs is 5. The second-order valence-electron chi connectivity index (χ2n) is 8.08. The summed E-state index contributed by atoms with van der Waals surface area (Å²) in [7, 11) is 0. The van der Waals surface area contributed by atoms with Gasteiger partial charge in [-0.05, 0) is 13.8 Å². The Hall–Kier alpha value is -1.44. The van der Waals surface area contributed by atoms with Crippen molar-refractivity contribution in [3.63, 3.8) is 0 Å². The van der Waals surface area contributed by atoms with Crippen LogP contribution < -0.4 is 0 Å². The molecule has 9 atom stereocenters. The first-order valence-electron chi connectivity index (χ1n) is 8.28. The van der Waals surface area contributed by atoms with Gasteiger partial charge in [0.25, 0.3) is 0 Å². The zero-order chi connectivity index (χ0) is 17.2. The van der Waals surface area contributed by atoms with E-state index in [2.05, 4.69) is 6.58 Å². The van der Waals surface area contributed by atoms with E-state index in [4.69, 9.17) is 18.9 Å². The second-order valence-corrected chi connectivity index (χ2v) is 8.08. The highest BCUT2D eigenvalue weighted by Gasteiger charge is 2.93. The van der Waals surface area contributed by atoms with Crippen molar-refractivity contribution in [2.45, 2.75) is 68.4 Å². The van der Waals surface area contributed by atoms with Crippen LogP contribution in [0.1, 0.15) is 27.2 Å². The summed E-state index contributed by atoms with van der Waals surface area (Å²) in [5, 5.41) is 11.2. The van der Waals surface area contributed by atoms with Gasteiger partial charge in [-0.25, -0.2) is 4.79 Å². The molecule has 7 heteroatoms. The summed E-state index contributed by atoms with van der Waals surface area (Å²) in [6.45, 7) is 8.83. The highest BCUT2D eigenvalue weighted by molar-refractivity contribution is 5.91. The van der Waals surface area contributed by atoms with Gasteiger partial charge in [0.05, 0.1) is 17.4 Å². The summed E-state index contributed by atoms with van der Waals surface area (Å²) in [4.78, 5) is 23.7. The van der Waals surface area contributed by atoms with Crippen LogP contribution in [-0.4, -0.2) is 58.3 Å². The molecule has 0 aromatic rings. The van der Waals surface area contributed by atoms with Crippen molar-refractivity contribution in [1.29, 1.82) is 0 Å². The third kappa shape index (κ3) is 1.41. The zero-order valence-corrected chi connectivity index (χ0v) is 13.8. The summed E-state index contributed by atoms with van der Waals surface area (Å²) in [6, 6.07) is 0. The molecule has 2 aliphatic carbocycles. The van der Waals surface area contributed by atoms with Crippen LogP contribution in [0, 0.1) is 11.8 Å². The van der Waals surface area contributed by atoms with E-state index in [9.17, 15) is 14.7 Å². The van der Waals surface area contributed by atoms with E-state index < -0.39 is 46.9 Å². The smallest absolute Gasteiger partial charge is 0.334 e. The van der Waals surface area contributed by atoms with Crippen molar-refractivity contribution in [1.82, 2.24) is 0 Å². The second kappa shape index (κ2) is 3.86. The van der Waals surface area contributed by atoms with E-state index >= 15 is 0 Å². The number of esters is 2. The van der Waals surface area contributed by atoms with Crippen LogP contribution in [0.25, 0.3) is 0 Å². The molecule has 2 saturated carbocycles. The predicted molar refractivity (Wildman–Crippen MR) is 77.7 cm³/mol. The van der Waals surface area contributed by atoms with Crippen LogP contribution in [0.5, 0.6) is 0 Å². The van der Waals surface area contributed by atoms with E-state index in [1.54, 1.807) is 6.92 Å². The van der Waals surface area contributed by atoms with E-state index in [0.717, 1.165) is 0 Å². The highest BCUT2D eigenvalue weighted by Crippen LogP contribution is 2.75. The third-order valence-electron chi connectivity index (χ3n) is 6.68. The Morgan fingerprint density at radius 2 is 2.04 bits per heavy atom. The number of rotatable bonds is 1. The molecule has 0 aromatic carbocycles. The van der Waals surface area contributed by atoms with Crippen molar-refractivity contribution in [2.75, 3.05) is 0 Å². The maximum absolute atomic E-state index is 12.2. The molecule has 7 nitrogen and oxygen atoms in total. The number of ether oxygens (including phenoxy) is 4. The molecular formula is C17H20O7. The van der Waals surface area contributed by atoms with Crippen LogP contribution in [0.2, 0.25) is 0 Å². The fraction of sp³-hybridized carbons (Fsp3) is 0.765. The lowest BCUT2D eigenvalue weighted by atomic mass is 9.74. The van der Waals surface area contributed by atoms with E-state index in [1.165, 1.54) is 6.92 Å². The van der Waals surface area contributed by atoms with Crippen LogP contribution in [0.3, 0.4) is 0 Å². The topological polar surface area (TPSA) is 97.9 Å². The molecule has 1 N–H and O–H groups in total. The molecule has 1 spiro atoms. The molecule has 3 saturated heterocycles. The molecule has 0 amide bonds. The van der Waals surface area contributed by atoms with Gasteiger partial charge < -0.3 is 24.1 Å². The summed E-state index contributed by atoms with van der Waals surface area (Å²) in [5.74, 6) is -1.76. The van der Waals surface area contributed by atoms with Crippen molar-refractivity contribution in [3.05, 3.63) is 12.2 Å². The van der Waals surface area contributed by atoms with Gasteiger partial charge in [-0.15, -0.1) is 0 Å². The van der Waals surface area contributed by atoms with E-state index in [1.807, 2.05) is 6.92 Å². The van der Waals surface area contributed by atoms with Gasteiger partial charge in [0, 0.05) is 18.9 Å². The summed E-state index contributed by atoms with van der Waals surface area (Å²) in [6.07, 6.45) is -1.41. The quantitative estimate of drug-likeness (QED) is 0.412. The minimum Gasteiger partial charge on any atom is -0.462 e. The number of hydrogen-bond donors (Lipinski definition) is 1. The largest absolute Gasteiger partial charge is 0.462 e. The average molecular weight is 336 g/mol. The Labute approximate surface area is 138 Å². The summed E-state index contributed by atoms with van der Waals surface area (Å²) in [5.41, 5.74) is -2.26. The van der Waals surface area contributed by atoms with Gasteiger partial charge >= 0.3 is 11.9 Å². The van der Waals surface area contributed by atoms with Gasteiger partial charge in [-0.1, -0.05) is 6.58 Å². The van der Waals surface area contributed by atoms with Crippen molar-refractivity contribution in [3.8, 4) is 0 Å². The first-order chi connectivity index (χ1) is 11.1. The Bertz CT molecular complexity index is 699. The zero-order valence-electron chi connectivity index (χ0n) is 13.8. The van der Waals surface area contributed by atoms with Gasteiger partial charge in [-0.3, -0.25) is 4.79 Å². The molecule has 0 bridgehead atoms. The Morgan fingerprint density at radius 3 is 2.71 bits per heavy atom. The van der Waals surface area contributed by atoms with Crippen LogP contribution in [0.15, 0.2) is 12.2 Å². The van der Waals surface area contributed by atoms with Gasteiger partial charge in [0.15, 0.2) is 0 Å². The van der Waals surface area contributed by atoms with Crippen molar-refractivity contribution >= 4 is 11.9 Å². The summed E-state index contributed by atoms with van der Waals surface area (Å²) < 4.78 is 22.9. The lowest BCUT2D eigenvalue weighted by Gasteiger charge is -2.36. The molecule has 3 heterocycles. The van der Waals surface area contributed by atoms with Crippen molar-refractivity contribution in [2.24, 2.45) is 11.8 Å². The number of epoxide rings is 2. The molecule has 2 unspecified atom stereocenters. The van der Waals surface area contributed by atoms with E-state index in [-0.39, 0.29) is 30.1 Å². The standard InChI is InChI=1S/C17H20O7/c1-6-9-8(21-7(2)18)5-15(3,20)17-11(10(9)22-14(6)19)16(4)12(23-16)13(17)24-17/h8-13,20H,1,5H2,2-4H3/t8-,9?,10-,11?,12-,13+,15+,16+,17-/m0/s1. The minimum atomic E-state index is -1.22. The molecule has 130 valence electrons. The monoisotopic (exact) mass is 336 g/mol. The predicted octanol–water partition coefficient (Wildman–Crippen LogP) is 0.0955. The average Bonchev–Trinajstić information content (AvgIpc) is 3.29. The SMILES string of the molecule is C=C1C(=O)O[C@H]2C1[C@@H](OC(C)=O)C[C@@](C)(O)[C@@]13O[C@@H]1[C@@H]1O[C@]1(C)C23. The molecule has 5 fully saturated rings. The number of hydrogen-bond acceptors (Lipinski definition) is 7. The number of carbonyl (C=O) groups is 2. The lowest BCUT2D eigenvalue weighted by molar-refractivity contribution is -0.152. The fourth-order valence-corrected chi connectivity index (χ4v) is 5.65. The maximum Gasteiger partial charge on any atom is 0.334 e. The molecule has 24 heavy (non-hydrogen) atoms. The molecule has 0 radical (unpaired) electrons. The maximum atomic E-state index is 12.2.